The minimum Gasteiger partial charge on any atom is -0.301 e. The standard InChI is InChI=1S/C11H22N2.C11H24N2.C11H23N.C11H21N.C10H22N2.5C2H6.4CH4/c1-8(2)12-6-11-5-10(12)7-13(11)9(3)4;1-10(2)12-6-5-7-13(9-8-12)11(3)4;3*1-9(2)11-5-7-12(8-6-11)10(3)4;5*1-2;;;;/h8-11H,5-7H2,1-4H3;10-11H,5-9H2,1-4H3;9-11H,5-8H2,1-4H3;5,9-10H,6-8H2,1-4H3;9-10H,5-8H2,1-4H3;5*1-2H3;4*1H4. The van der Waals surface area contributed by atoms with Crippen LogP contribution >= 0.6 is 0 Å². The zero-order chi connectivity index (χ0) is 56.8. The van der Waals surface area contributed by atoms with Crippen LogP contribution in [0.4, 0.5) is 0 Å². The lowest BCUT2D eigenvalue weighted by atomic mass is 9.86. The van der Waals surface area contributed by atoms with Crippen LogP contribution in [0.25, 0.3) is 0 Å². The van der Waals surface area contributed by atoms with Crippen LogP contribution in [0.2, 0.25) is 0 Å². The van der Waals surface area contributed by atoms with Gasteiger partial charge in [-0.05, 0) is 187 Å². The first kappa shape index (κ1) is 91.9. The third kappa shape index (κ3) is 38.2. The van der Waals surface area contributed by atoms with Gasteiger partial charge in [-0.15, -0.1) is 0 Å². The van der Waals surface area contributed by atoms with E-state index in [2.05, 4.69) is 184 Å². The normalized spacial score (nSPS) is 20.7. The van der Waals surface area contributed by atoms with Gasteiger partial charge in [0.25, 0.3) is 0 Å². The van der Waals surface area contributed by atoms with Crippen molar-refractivity contribution in [2.24, 2.45) is 17.8 Å². The third-order valence-electron chi connectivity index (χ3n) is 15.5. The highest BCUT2D eigenvalue weighted by Gasteiger charge is 2.44. The van der Waals surface area contributed by atoms with Crippen LogP contribution in [0.5, 0.6) is 0 Å². The minimum atomic E-state index is 0. The largest absolute Gasteiger partial charge is 0.301 e. The van der Waals surface area contributed by atoms with Gasteiger partial charge in [0.2, 0.25) is 0 Å². The third-order valence-corrected chi connectivity index (χ3v) is 15.5. The summed E-state index contributed by atoms with van der Waals surface area (Å²) in [5.74, 6) is 2.62. The summed E-state index contributed by atoms with van der Waals surface area (Å²) >= 11 is 0. The number of piperazine rings is 2. The van der Waals surface area contributed by atoms with E-state index in [4.69, 9.17) is 0 Å². The van der Waals surface area contributed by atoms with Crippen LogP contribution < -0.4 is 0 Å². The maximum absolute atomic E-state index is 2.67. The molecule has 6 heterocycles. The summed E-state index contributed by atoms with van der Waals surface area (Å²) in [4.78, 5) is 20.7. The number of rotatable bonds is 10. The van der Waals surface area contributed by atoms with Crippen molar-refractivity contribution in [2.45, 2.75) is 330 Å². The molecular formula is C68H158N8. The smallest absolute Gasteiger partial charge is 0.0242 e. The van der Waals surface area contributed by atoms with E-state index in [1.54, 1.807) is 5.57 Å². The van der Waals surface area contributed by atoms with Gasteiger partial charge < -0.3 is 4.90 Å². The summed E-state index contributed by atoms with van der Waals surface area (Å²) in [5.41, 5.74) is 1.65. The Balaban J connectivity index is -0.000000120. The molecule has 0 aliphatic carbocycles. The topological polar surface area (TPSA) is 25.9 Å². The van der Waals surface area contributed by atoms with Crippen molar-refractivity contribution in [1.82, 2.24) is 39.2 Å². The fourth-order valence-electron chi connectivity index (χ4n) is 10.6. The summed E-state index contributed by atoms with van der Waals surface area (Å²) in [7, 11) is 0. The molecule has 8 nitrogen and oxygen atoms in total. The summed E-state index contributed by atoms with van der Waals surface area (Å²) in [5, 5.41) is 0. The minimum absolute atomic E-state index is 0. The van der Waals surface area contributed by atoms with Crippen molar-refractivity contribution in [3.05, 3.63) is 11.6 Å². The van der Waals surface area contributed by atoms with Gasteiger partial charge in [-0.2, -0.15) is 0 Å². The second kappa shape index (κ2) is 55.0. The molecule has 5 fully saturated rings. The predicted molar refractivity (Wildman–Crippen MR) is 360 cm³/mol. The van der Waals surface area contributed by atoms with E-state index < -0.39 is 0 Å². The Bertz CT molecular complexity index is 1060. The zero-order valence-electron chi connectivity index (χ0n) is 55.6. The van der Waals surface area contributed by atoms with Gasteiger partial charge in [-0.1, -0.05) is 138 Å². The molecule has 0 aromatic heterocycles. The molecule has 5 saturated heterocycles. The van der Waals surface area contributed by atoms with E-state index in [1.165, 1.54) is 117 Å². The second-order valence-electron chi connectivity index (χ2n) is 23.0. The number of piperidine rings is 1. The SMILES string of the molecule is C.C.C.C.CC.CC.CC.CC.CC.CC(C)C1=CCN(C(C)C)CC1.CC(C)C1CCN(C(C)C)CC1.CC(C)N1CC2CC1CN2C(C)C.CC(C)N1CCCN(C(C)C)CC1.CC(C)N1CCN(C(C)C)CC1. The highest BCUT2D eigenvalue weighted by atomic mass is 15.4. The zero-order valence-corrected chi connectivity index (χ0v) is 55.6. The molecule has 0 aromatic carbocycles. The first-order chi connectivity index (χ1) is 34.0. The number of hydrogen-bond donors (Lipinski definition) is 0. The molecule has 0 radical (unpaired) electrons. The molecule has 0 N–H and O–H groups in total. The van der Waals surface area contributed by atoms with Crippen LogP contribution in [-0.2, 0) is 0 Å². The molecular weight excluding hydrogens is 929 g/mol. The van der Waals surface area contributed by atoms with Crippen molar-refractivity contribution < 1.29 is 0 Å². The van der Waals surface area contributed by atoms with Crippen LogP contribution in [0, 0.1) is 17.8 Å². The van der Waals surface area contributed by atoms with E-state index in [9.17, 15) is 0 Å². The van der Waals surface area contributed by atoms with Gasteiger partial charge in [-0.25, -0.2) is 0 Å². The average Bonchev–Trinajstić information content (AvgIpc) is 3.91. The van der Waals surface area contributed by atoms with Gasteiger partial charge in [-0.3, -0.25) is 34.3 Å². The van der Waals surface area contributed by atoms with E-state index in [0.29, 0.717) is 18.1 Å². The summed E-state index contributed by atoms with van der Waals surface area (Å²) in [6.45, 7) is 83.7. The lowest BCUT2D eigenvalue weighted by molar-refractivity contribution is 0.0849. The van der Waals surface area contributed by atoms with E-state index in [-0.39, 0.29) is 29.7 Å². The fraction of sp³-hybridized carbons (Fsp3) is 0.971. The first-order valence-corrected chi connectivity index (χ1v) is 31.7. The molecule has 0 saturated carbocycles. The van der Waals surface area contributed by atoms with Crippen molar-refractivity contribution >= 4 is 0 Å². The van der Waals surface area contributed by atoms with Crippen LogP contribution in [0.1, 0.15) is 270 Å². The van der Waals surface area contributed by atoms with Crippen LogP contribution in [-0.4, -0.2) is 191 Å². The van der Waals surface area contributed by atoms with Crippen LogP contribution in [0.3, 0.4) is 0 Å². The summed E-state index contributed by atoms with van der Waals surface area (Å²) in [6, 6.07) is 7.51. The first-order valence-electron chi connectivity index (χ1n) is 31.7. The Hall–Kier alpha value is -0.580. The molecule has 0 spiro atoms. The number of nitrogens with zero attached hydrogens (tertiary/aromatic N) is 8. The van der Waals surface area contributed by atoms with Crippen molar-refractivity contribution in [2.75, 3.05) is 91.6 Å². The monoisotopic (exact) mass is 1090 g/mol. The van der Waals surface area contributed by atoms with Gasteiger partial charge in [0.15, 0.2) is 0 Å². The molecule has 2 bridgehead atoms. The van der Waals surface area contributed by atoms with E-state index >= 15 is 0 Å². The Kier molecular flexibility index (Phi) is 66.5. The molecule has 6 rings (SSSR count). The molecule has 0 aromatic rings. The van der Waals surface area contributed by atoms with Gasteiger partial charge in [0.05, 0.1) is 0 Å². The number of fused-ring (bicyclic) bond motifs is 2. The van der Waals surface area contributed by atoms with E-state index in [0.717, 1.165) is 66.6 Å². The lowest BCUT2D eigenvalue weighted by Gasteiger charge is -2.38. The predicted octanol–water partition coefficient (Wildman–Crippen LogP) is 17.9. The highest BCUT2D eigenvalue weighted by molar-refractivity contribution is 5.09. The second-order valence-corrected chi connectivity index (χ2v) is 23.0. The molecule has 0 amide bonds. The number of hydrogen-bond acceptors (Lipinski definition) is 8. The lowest BCUT2D eigenvalue weighted by Crippen LogP contribution is -2.50. The van der Waals surface area contributed by atoms with Gasteiger partial charge in [0.1, 0.15) is 0 Å². The molecule has 6 aliphatic rings. The Morgan fingerprint density at radius 2 is 0.618 bits per heavy atom. The Morgan fingerprint density at radius 1 is 0.342 bits per heavy atom. The van der Waals surface area contributed by atoms with Crippen LogP contribution in [0.15, 0.2) is 11.6 Å². The van der Waals surface area contributed by atoms with Crippen molar-refractivity contribution in [1.29, 1.82) is 0 Å². The maximum Gasteiger partial charge on any atom is 0.0242 e. The molecule has 2 atom stereocenters. The maximum atomic E-state index is 2.67. The van der Waals surface area contributed by atoms with Gasteiger partial charge >= 0.3 is 0 Å². The van der Waals surface area contributed by atoms with Crippen molar-refractivity contribution in [3.8, 4) is 0 Å². The summed E-state index contributed by atoms with van der Waals surface area (Å²) in [6.07, 6.45) is 9.25. The average molecular weight is 1090 g/mol. The fourth-order valence-corrected chi connectivity index (χ4v) is 10.6. The number of likely N-dealkylation sites (tertiary alicyclic amines) is 3. The molecule has 8 heteroatoms. The van der Waals surface area contributed by atoms with Crippen molar-refractivity contribution in [3.63, 3.8) is 0 Å². The Labute approximate surface area is 488 Å². The Morgan fingerprint density at radius 3 is 0.829 bits per heavy atom. The molecule has 76 heavy (non-hydrogen) atoms. The molecule has 470 valence electrons. The summed E-state index contributed by atoms with van der Waals surface area (Å²) < 4.78 is 0. The quantitative estimate of drug-likeness (QED) is 0.200. The highest BCUT2D eigenvalue weighted by Crippen LogP contribution is 2.33. The van der Waals surface area contributed by atoms with Gasteiger partial charge in [0, 0.05) is 126 Å². The molecule has 6 aliphatic heterocycles. The molecule has 2 unspecified atom stereocenters. The van der Waals surface area contributed by atoms with E-state index in [1.807, 2.05) is 69.2 Å².